The van der Waals surface area contributed by atoms with Crippen molar-refractivity contribution in [3.8, 4) is 22.3 Å². The second kappa shape index (κ2) is 12.0. The Morgan fingerprint density at radius 1 is 0.321 bits per heavy atom. The van der Waals surface area contributed by atoms with Crippen LogP contribution in [0.2, 0.25) is 0 Å². The molecule has 0 saturated carbocycles. The maximum Gasteiger partial charge on any atom is 0.143 e. The molecule has 0 N–H and O–H groups in total. The van der Waals surface area contributed by atoms with Crippen LogP contribution in [0.3, 0.4) is 0 Å². The molecule has 0 spiro atoms. The van der Waals surface area contributed by atoms with Gasteiger partial charge in [-0.15, -0.1) is 0 Å². The summed E-state index contributed by atoms with van der Waals surface area (Å²) >= 11 is 0. The molecule has 0 fully saturated rings. The maximum atomic E-state index is 6.79. The zero-order valence-corrected chi connectivity index (χ0v) is 30.1. The Morgan fingerprint density at radius 3 is 1.86 bits per heavy atom. The molecule has 0 aliphatic rings. The fourth-order valence-corrected chi connectivity index (χ4v) is 8.59. The fraction of sp³-hybridized carbons (Fsp3) is 0. The summed E-state index contributed by atoms with van der Waals surface area (Å²) in [6.45, 7) is 0. The normalized spacial score (nSPS) is 11.9. The molecule has 0 radical (unpaired) electrons. The van der Waals surface area contributed by atoms with E-state index in [-0.39, 0.29) is 0 Å². The van der Waals surface area contributed by atoms with Gasteiger partial charge in [-0.1, -0.05) is 109 Å². The standard InChI is InChI=1S/C52H31NO3/c1-2-12-37(13-3-1)53(38-24-20-32-10-4-5-11-33(32)28-38)45-17-9-19-48-51(45)43-16-8-15-39(52(43)56-48)36-22-26-42-44-29-34(23-27-47(44)55-50(42)31-36)35-21-25-41-40-14-6-7-18-46(40)54-49(41)30-35/h1-31H. The summed E-state index contributed by atoms with van der Waals surface area (Å²) in [4.78, 5) is 2.33. The van der Waals surface area contributed by atoms with Crippen molar-refractivity contribution in [3.63, 3.8) is 0 Å². The van der Waals surface area contributed by atoms with Gasteiger partial charge in [0.1, 0.15) is 33.5 Å². The van der Waals surface area contributed by atoms with E-state index < -0.39 is 0 Å². The summed E-state index contributed by atoms with van der Waals surface area (Å²) in [6, 6.07) is 66.1. The van der Waals surface area contributed by atoms with Crippen LogP contribution in [0.25, 0.3) is 98.8 Å². The lowest BCUT2D eigenvalue weighted by Gasteiger charge is -2.26. The number of fused-ring (bicyclic) bond motifs is 10. The number of para-hydroxylation sites is 3. The summed E-state index contributed by atoms with van der Waals surface area (Å²) in [6.07, 6.45) is 0. The summed E-state index contributed by atoms with van der Waals surface area (Å²) in [5, 5.41) is 8.95. The van der Waals surface area contributed by atoms with E-state index >= 15 is 0 Å². The lowest BCUT2D eigenvalue weighted by Crippen LogP contribution is -2.10. The van der Waals surface area contributed by atoms with Gasteiger partial charge in [0.05, 0.1) is 11.1 Å². The monoisotopic (exact) mass is 717 g/mol. The van der Waals surface area contributed by atoms with Crippen molar-refractivity contribution < 1.29 is 13.3 Å². The van der Waals surface area contributed by atoms with Crippen molar-refractivity contribution in [1.29, 1.82) is 0 Å². The maximum absolute atomic E-state index is 6.79. The second-order valence-electron chi connectivity index (χ2n) is 14.5. The van der Waals surface area contributed by atoms with E-state index in [4.69, 9.17) is 13.3 Å². The van der Waals surface area contributed by atoms with E-state index in [1.54, 1.807) is 0 Å². The Balaban J connectivity index is 0.974. The van der Waals surface area contributed by atoms with Crippen LogP contribution in [0.5, 0.6) is 0 Å². The molecule has 12 aromatic rings. The number of hydrogen-bond acceptors (Lipinski definition) is 4. The van der Waals surface area contributed by atoms with Crippen molar-refractivity contribution in [2.45, 2.75) is 0 Å². The summed E-state index contributed by atoms with van der Waals surface area (Å²) in [5.74, 6) is 0. The molecule has 3 heterocycles. The van der Waals surface area contributed by atoms with Gasteiger partial charge in [-0.2, -0.15) is 0 Å². The molecule has 0 aliphatic heterocycles. The highest BCUT2D eigenvalue weighted by Gasteiger charge is 2.21. The van der Waals surface area contributed by atoms with Gasteiger partial charge >= 0.3 is 0 Å². The lowest BCUT2D eigenvalue weighted by molar-refractivity contribution is 0.668. The first kappa shape index (κ1) is 30.9. The molecule has 9 aromatic carbocycles. The van der Waals surface area contributed by atoms with Crippen LogP contribution in [-0.2, 0) is 0 Å². The van der Waals surface area contributed by atoms with Gasteiger partial charge in [0, 0.05) is 43.9 Å². The number of benzene rings is 9. The van der Waals surface area contributed by atoms with Gasteiger partial charge in [-0.3, -0.25) is 0 Å². The van der Waals surface area contributed by atoms with E-state index in [1.165, 1.54) is 10.8 Å². The Hall–Kier alpha value is -7.56. The van der Waals surface area contributed by atoms with Crippen LogP contribution in [-0.4, -0.2) is 0 Å². The van der Waals surface area contributed by atoms with E-state index in [0.29, 0.717) is 0 Å². The molecule has 4 nitrogen and oxygen atoms in total. The molecule has 56 heavy (non-hydrogen) atoms. The topological polar surface area (TPSA) is 42.7 Å². The van der Waals surface area contributed by atoms with Crippen LogP contribution >= 0.6 is 0 Å². The molecule has 0 amide bonds. The van der Waals surface area contributed by atoms with Gasteiger partial charge in [0.15, 0.2) is 0 Å². The third-order valence-electron chi connectivity index (χ3n) is 11.2. The first-order valence-corrected chi connectivity index (χ1v) is 18.9. The lowest BCUT2D eigenvalue weighted by atomic mass is 9.99. The Labute approximate surface area is 321 Å². The highest BCUT2D eigenvalue weighted by Crippen LogP contribution is 2.46. The summed E-state index contributed by atoms with van der Waals surface area (Å²) in [7, 11) is 0. The average Bonchev–Trinajstić information content (AvgIpc) is 3.95. The predicted molar refractivity (Wildman–Crippen MR) is 231 cm³/mol. The molecule has 262 valence electrons. The highest BCUT2D eigenvalue weighted by atomic mass is 16.3. The van der Waals surface area contributed by atoms with Crippen molar-refractivity contribution in [1.82, 2.24) is 0 Å². The fourth-order valence-electron chi connectivity index (χ4n) is 8.59. The smallest absolute Gasteiger partial charge is 0.143 e. The van der Waals surface area contributed by atoms with Crippen LogP contribution in [0.1, 0.15) is 0 Å². The minimum Gasteiger partial charge on any atom is -0.456 e. The number of furan rings is 3. The highest BCUT2D eigenvalue weighted by molar-refractivity contribution is 6.17. The zero-order valence-electron chi connectivity index (χ0n) is 30.1. The SMILES string of the molecule is c1ccc(N(c2ccc3ccccc3c2)c2cccc3oc4c(-c5ccc6c(c5)oc5ccc(-c7ccc8c(c7)oc7ccccc78)cc56)cccc4c23)cc1. The number of hydrogen-bond donors (Lipinski definition) is 0. The molecule has 0 atom stereocenters. The molecule has 0 bridgehead atoms. The first-order valence-electron chi connectivity index (χ1n) is 18.9. The van der Waals surface area contributed by atoms with Gasteiger partial charge in [-0.05, 0) is 106 Å². The third kappa shape index (κ3) is 4.73. The van der Waals surface area contributed by atoms with Crippen molar-refractivity contribution >= 4 is 93.7 Å². The molecule has 0 unspecified atom stereocenters. The Morgan fingerprint density at radius 2 is 0.964 bits per heavy atom. The molecule has 0 saturated heterocycles. The largest absolute Gasteiger partial charge is 0.456 e. The molecule has 3 aromatic heterocycles. The van der Waals surface area contributed by atoms with E-state index in [2.05, 4.69) is 181 Å². The van der Waals surface area contributed by atoms with Gasteiger partial charge in [-0.25, -0.2) is 0 Å². The van der Waals surface area contributed by atoms with Crippen LogP contribution in [0.4, 0.5) is 17.1 Å². The second-order valence-corrected chi connectivity index (χ2v) is 14.5. The molecular formula is C52H31NO3. The first-order chi connectivity index (χ1) is 27.7. The Bertz CT molecular complexity index is 3500. The number of nitrogens with zero attached hydrogens (tertiary/aromatic N) is 1. The van der Waals surface area contributed by atoms with Gasteiger partial charge < -0.3 is 18.2 Å². The van der Waals surface area contributed by atoms with Gasteiger partial charge in [0.25, 0.3) is 0 Å². The van der Waals surface area contributed by atoms with E-state index in [9.17, 15) is 0 Å². The molecule has 0 aliphatic carbocycles. The molecular weight excluding hydrogens is 687 g/mol. The third-order valence-corrected chi connectivity index (χ3v) is 11.2. The minimum absolute atomic E-state index is 0.836. The summed E-state index contributed by atoms with van der Waals surface area (Å²) < 4.78 is 19.5. The quantitative estimate of drug-likeness (QED) is 0.178. The average molecular weight is 718 g/mol. The molecule has 12 rings (SSSR count). The van der Waals surface area contributed by atoms with Crippen LogP contribution in [0, 0.1) is 0 Å². The number of rotatable bonds is 5. The number of anilines is 3. The summed E-state index contributed by atoms with van der Waals surface area (Å²) in [5.41, 5.74) is 12.7. The Kier molecular flexibility index (Phi) is 6.60. The van der Waals surface area contributed by atoms with Gasteiger partial charge in [0.2, 0.25) is 0 Å². The van der Waals surface area contributed by atoms with Crippen molar-refractivity contribution in [2.24, 2.45) is 0 Å². The zero-order chi connectivity index (χ0) is 36.7. The van der Waals surface area contributed by atoms with Crippen molar-refractivity contribution in [2.75, 3.05) is 4.90 Å². The van der Waals surface area contributed by atoms with E-state index in [1.807, 2.05) is 12.1 Å². The molecule has 4 heteroatoms. The van der Waals surface area contributed by atoms with Crippen LogP contribution in [0.15, 0.2) is 201 Å². The van der Waals surface area contributed by atoms with Crippen molar-refractivity contribution in [3.05, 3.63) is 188 Å². The van der Waals surface area contributed by atoms with E-state index in [0.717, 1.165) is 105 Å². The van der Waals surface area contributed by atoms with Crippen LogP contribution < -0.4 is 4.90 Å². The minimum atomic E-state index is 0.836. The predicted octanol–water partition coefficient (Wildman–Crippen LogP) is 15.3.